The molecule has 1 fully saturated rings. The number of benzene rings is 1. The summed E-state index contributed by atoms with van der Waals surface area (Å²) in [7, 11) is 0.688. The van der Waals surface area contributed by atoms with Gasteiger partial charge in [-0.2, -0.15) is 0 Å². The molecule has 2 unspecified atom stereocenters. The maximum atomic E-state index is 13.1. The molecule has 0 saturated carbocycles. The summed E-state index contributed by atoms with van der Waals surface area (Å²) < 4.78 is 16.3. The third kappa shape index (κ3) is 5.03. The van der Waals surface area contributed by atoms with E-state index in [9.17, 15) is 9.32 Å². The van der Waals surface area contributed by atoms with Gasteiger partial charge in [-0.25, -0.2) is 18.9 Å². The van der Waals surface area contributed by atoms with E-state index in [1.54, 1.807) is 6.20 Å². The Kier molecular flexibility index (Phi) is 7.39. The molecule has 1 spiro atoms. The predicted molar refractivity (Wildman–Crippen MR) is 137 cm³/mol. The molecule has 2 atom stereocenters. The van der Waals surface area contributed by atoms with Crippen LogP contribution in [-0.2, 0) is 24.0 Å². The summed E-state index contributed by atoms with van der Waals surface area (Å²) in [5.74, 6) is 6.70. The average molecular weight is 482 g/mol. The van der Waals surface area contributed by atoms with Crippen LogP contribution in [0.1, 0.15) is 62.2 Å². The third-order valence-corrected chi connectivity index (χ3v) is 8.38. The summed E-state index contributed by atoms with van der Waals surface area (Å²) in [6.07, 6.45) is 4.55. The Morgan fingerprint density at radius 3 is 2.68 bits per heavy atom. The number of anilines is 1. The normalized spacial score (nSPS) is 20.0. The van der Waals surface area contributed by atoms with Crippen LogP contribution in [0.4, 0.5) is 5.82 Å². The van der Waals surface area contributed by atoms with Crippen molar-refractivity contribution in [1.29, 1.82) is 0 Å². The van der Waals surface area contributed by atoms with Gasteiger partial charge in [0.15, 0.2) is 5.82 Å². The van der Waals surface area contributed by atoms with E-state index in [-0.39, 0.29) is 22.8 Å². The van der Waals surface area contributed by atoms with Gasteiger partial charge >= 0.3 is 0 Å². The molecule has 1 aromatic heterocycles. The van der Waals surface area contributed by atoms with Gasteiger partial charge in [-0.15, -0.1) is 0 Å². The first kappa shape index (κ1) is 24.8. The van der Waals surface area contributed by atoms with Crippen LogP contribution < -0.4 is 14.9 Å². The Hall–Kier alpha value is -2.31. The van der Waals surface area contributed by atoms with Crippen molar-refractivity contribution in [3.63, 3.8) is 0 Å². The van der Waals surface area contributed by atoms with Crippen molar-refractivity contribution in [3.8, 4) is 11.8 Å². The molecule has 1 aliphatic heterocycles. The van der Waals surface area contributed by atoms with Crippen LogP contribution >= 0.6 is 0 Å². The monoisotopic (exact) mass is 481 g/mol. The summed E-state index contributed by atoms with van der Waals surface area (Å²) in [6.45, 7) is 8.04. The molecule has 3 N–H and O–H groups in total. The van der Waals surface area contributed by atoms with Crippen molar-refractivity contribution in [2.75, 3.05) is 31.6 Å². The topological polar surface area (TPSA) is 90.4 Å². The van der Waals surface area contributed by atoms with Crippen molar-refractivity contribution < 1.29 is 9.32 Å². The molecule has 7 nitrogen and oxygen atoms in total. The van der Waals surface area contributed by atoms with E-state index in [0.717, 1.165) is 38.2 Å². The highest BCUT2D eigenvalue weighted by atomic mass is 32.2. The van der Waals surface area contributed by atoms with Crippen LogP contribution in [0.25, 0.3) is 0 Å². The molecule has 0 radical (unpaired) electrons. The molecule has 1 aliphatic carbocycles. The summed E-state index contributed by atoms with van der Waals surface area (Å²) in [5, 5.41) is 12.9. The first-order valence-corrected chi connectivity index (χ1v) is 13.0. The second kappa shape index (κ2) is 10.1. The molecule has 1 aromatic carbocycles. The van der Waals surface area contributed by atoms with Gasteiger partial charge in [0.2, 0.25) is 0 Å². The quantitative estimate of drug-likeness (QED) is 0.569. The molecule has 4 rings (SSSR count). The number of aromatic nitrogens is 2. The van der Waals surface area contributed by atoms with Gasteiger partial charge in [0.1, 0.15) is 11.4 Å². The van der Waals surface area contributed by atoms with Crippen molar-refractivity contribution in [1.82, 2.24) is 20.0 Å². The highest BCUT2D eigenvalue weighted by Crippen LogP contribution is 2.52. The molecule has 34 heavy (non-hydrogen) atoms. The van der Waals surface area contributed by atoms with Gasteiger partial charge in [0.05, 0.1) is 41.1 Å². The number of rotatable bonds is 5. The predicted octanol–water partition coefficient (Wildman–Crippen LogP) is 2.48. The summed E-state index contributed by atoms with van der Waals surface area (Å²) >= 11 is 0. The lowest BCUT2D eigenvalue weighted by Gasteiger charge is -2.44. The van der Waals surface area contributed by atoms with Crippen molar-refractivity contribution in [2.45, 2.75) is 57.4 Å². The van der Waals surface area contributed by atoms with Crippen LogP contribution in [0.5, 0.6) is 0 Å². The van der Waals surface area contributed by atoms with Crippen molar-refractivity contribution in [3.05, 3.63) is 53.0 Å². The van der Waals surface area contributed by atoms with Crippen LogP contribution in [-0.4, -0.2) is 50.7 Å². The largest absolute Gasteiger partial charge is 0.390 e. The molecule has 8 heteroatoms. The van der Waals surface area contributed by atoms with E-state index in [4.69, 9.17) is 0 Å². The Balaban J connectivity index is 1.55. The molecular formula is C26H35N5O2S. The summed E-state index contributed by atoms with van der Waals surface area (Å²) in [5.41, 5.74) is 3.75. The standard InChI is InChI=1S/C26H35N5O2S/c1-25(2,3)34(33)30-23-21-10-6-5-8-19(21)16-26(23)11-14-31(15-12-26)24-22(18-32)29-20(17-28-24)9-7-13-27-4/h5-6,8,10,17,23,27,30,32H,11-16,18H2,1-4H3. The third-order valence-electron chi connectivity index (χ3n) is 6.81. The zero-order valence-electron chi connectivity index (χ0n) is 20.5. The lowest BCUT2D eigenvalue weighted by molar-refractivity contribution is 0.177. The average Bonchev–Trinajstić information content (AvgIpc) is 3.11. The Morgan fingerprint density at radius 2 is 2.00 bits per heavy atom. The van der Waals surface area contributed by atoms with E-state index in [2.05, 4.69) is 61.0 Å². The Bertz CT molecular complexity index is 1110. The smallest absolute Gasteiger partial charge is 0.152 e. The van der Waals surface area contributed by atoms with E-state index in [1.807, 2.05) is 27.8 Å². The zero-order valence-corrected chi connectivity index (χ0v) is 21.3. The molecule has 2 aromatic rings. The lowest BCUT2D eigenvalue weighted by atomic mass is 9.73. The van der Waals surface area contributed by atoms with Gasteiger partial charge in [-0.3, -0.25) is 0 Å². The number of piperidine rings is 1. The molecule has 182 valence electrons. The fourth-order valence-electron chi connectivity index (χ4n) is 4.96. The SMILES string of the molecule is CNCC#Cc1cnc(N2CCC3(CC2)Cc2ccccc2C3NS(=O)C(C)(C)C)c(CO)n1. The number of nitrogens with one attached hydrogen (secondary N) is 2. The number of aliphatic hydroxyl groups is 1. The Morgan fingerprint density at radius 1 is 1.26 bits per heavy atom. The maximum Gasteiger partial charge on any atom is 0.152 e. The number of hydrogen-bond acceptors (Lipinski definition) is 6. The number of aliphatic hydroxyl groups excluding tert-OH is 1. The van der Waals surface area contributed by atoms with Gasteiger partial charge in [-0.05, 0) is 69.5 Å². The van der Waals surface area contributed by atoms with Gasteiger partial charge in [0, 0.05) is 13.1 Å². The van der Waals surface area contributed by atoms with E-state index >= 15 is 0 Å². The van der Waals surface area contributed by atoms with Crippen LogP contribution in [0.3, 0.4) is 0 Å². The minimum atomic E-state index is -1.15. The molecule has 2 heterocycles. The zero-order chi connectivity index (χ0) is 24.3. The van der Waals surface area contributed by atoms with Crippen molar-refractivity contribution in [2.24, 2.45) is 5.41 Å². The first-order valence-electron chi connectivity index (χ1n) is 11.9. The fourth-order valence-corrected chi connectivity index (χ4v) is 5.91. The molecule has 1 saturated heterocycles. The Labute approximate surface area is 205 Å². The van der Waals surface area contributed by atoms with Crippen LogP contribution in [0, 0.1) is 17.3 Å². The molecule has 0 amide bonds. The minimum Gasteiger partial charge on any atom is -0.390 e. The minimum absolute atomic E-state index is 0.00642. The second-order valence-corrected chi connectivity index (χ2v) is 12.2. The van der Waals surface area contributed by atoms with E-state index < -0.39 is 11.0 Å². The van der Waals surface area contributed by atoms with E-state index in [1.165, 1.54) is 11.1 Å². The van der Waals surface area contributed by atoms with E-state index in [0.29, 0.717) is 17.9 Å². The highest BCUT2D eigenvalue weighted by molar-refractivity contribution is 7.84. The summed E-state index contributed by atoms with van der Waals surface area (Å²) in [6, 6.07) is 8.60. The van der Waals surface area contributed by atoms with Gasteiger partial charge < -0.3 is 15.3 Å². The van der Waals surface area contributed by atoms with Crippen molar-refractivity contribution >= 4 is 16.8 Å². The van der Waals surface area contributed by atoms with Crippen LogP contribution in [0.15, 0.2) is 30.5 Å². The van der Waals surface area contributed by atoms with Gasteiger partial charge in [-0.1, -0.05) is 30.2 Å². The number of nitrogens with zero attached hydrogens (tertiary/aromatic N) is 3. The summed E-state index contributed by atoms with van der Waals surface area (Å²) in [4.78, 5) is 11.4. The number of hydrogen-bond donors (Lipinski definition) is 3. The highest BCUT2D eigenvalue weighted by Gasteiger charge is 2.49. The molecule has 0 bridgehead atoms. The lowest BCUT2D eigenvalue weighted by Crippen LogP contribution is -2.48. The van der Waals surface area contributed by atoms with Gasteiger partial charge in [0.25, 0.3) is 0 Å². The second-order valence-electron chi connectivity index (χ2n) is 10.2. The molecular weight excluding hydrogens is 446 g/mol. The van der Waals surface area contributed by atoms with Crippen LogP contribution in [0.2, 0.25) is 0 Å². The fraction of sp³-hybridized carbons (Fsp3) is 0.538. The maximum absolute atomic E-state index is 13.1. The number of fused-ring (bicyclic) bond motifs is 1. The molecule has 2 aliphatic rings. The first-order chi connectivity index (χ1) is 16.3.